The largest absolute Gasteiger partial charge is 0.480 e. The van der Waals surface area contributed by atoms with Crippen LogP contribution in [-0.4, -0.2) is 33.8 Å². The molecule has 1 aliphatic carbocycles. The maximum absolute atomic E-state index is 10.9. The first kappa shape index (κ1) is 15.7. The third-order valence-electron chi connectivity index (χ3n) is 3.15. The Morgan fingerprint density at radius 3 is 2.62 bits per heavy atom. The first-order valence-electron chi connectivity index (χ1n) is 5.32. The topological polar surface area (TPSA) is 104 Å². The van der Waals surface area contributed by atoms with E-state index in [0.29, 0.717) is 25.6 Å². The molecule has 0 aromatic heterocycles. The van der Waals surface area contributed by atoms with Gasteiger partial charge in [-0.05, 0) is 25.1 Å². The fraction of sp³-hybridized carbons (Fsp3) is 0.889. The van der Waals surface area contributed by atoms with Crippen molar-refractivity contribution in [2.45, 2.75) is 44.0 Å². The summed E-state index contributed by atoms with van der Waals surface area (Å²) >= 11 is 0. The molecule has 5 N–H and O–H groups in total. The van der Waals surface area contributed by atoms with Crippen LogP contribution in [-0.2, 0) is 4.79 Å². The molecule has 2 atom stereocenters. The van der Waals surface area contributed by atoms with Gasteiger partial charge in [-0.25, -0.2) is 0 Å². The van der Waals surface area contributed by atoms with Gasteiger partial charge in [0.25, 0.3) is 0 Å². The molecule has 1 saturated carbocycles. The second-order valence-corrected chi connectivity index (χ2v) is 4.48. The van der Waals surface area contributed by atoms with Crippen LogP contribution in [0.15, 0.2) is 0 Å². The molecule has 0 aliphatic heterocycles. The van der Waals surface area contributed by atoms with E-state index in [2.05, 4.69) is 0 Å². The summed E-state index contributed by atoms with van der Waals surface area (Å²) in [6, 6.07) is 0. The quantitative estimate of drug-likeness (QED) is 0.536. The van der Waals surface area contributed by atoms with Gasteiger partial charge in [0.2, 0.25) is 0 Å². The van der Waals surface area contributed by atoms with Crippen LogP contribution < -0.4 is 5.73 Å². The highest BCUT2D eigenvalue weighted by Gasteiger charge is 2.39. The van der Waals surface area contributed by atoms with Crippen molar-refractivity contribution in [2.24, 2.45) is 11.7 Å². The Morgan fingerprint density at radius 2 is 2.12 bits per heavy atom. The molecule has 0 aromatic rings. The summed E-state index contributed by atoms with van der Waals surface area (Å²) < 4.78 is 0. The maximum atomic E-state index is 10.9. The van der Waals surface area contributed by atoms with E-state index in [9.17, 15) is 4.79 Å². The lowest BCUT2D eigenvalue weighted by Gasteiger charge is -2.34. The molecular weight excluding hydrogens is 232 g/mol. The van der Waals surface area contributed by atoms with E-state index in [0.717, 1.165) is 12.8 Å². The number of aliphatic carboxylic acids is 1. The average Bonchev–Trinajstić information content (AvgIpc) is 2.15. The average molecular weight is 252 g/mol. The van der Waals surface area contributed by atoms with E-state index < -0.39 is 18.6 Å². The zero-order valence-corrected chi connectivity index (χ0v) is 9.95. The van der Waals surface area contributed by atoms with Crippen LogP contribution in [0.2, 0.25) is 6.32 Å². The third-order valence-corrected chi connectivity index (χ3v) is 3.15. The molecule has 0 saturated heterocycles. The van der Waals surface area contributed by atoms with Crippen LogP contribution in [0, 0.1) is 5.92 Å². The fourth-order valence-electron chi connectivity index (χ4n) is 2.25. The van der Waals surface area contributed by atoms with Gasteiger partial charge in [-0.15, -0.1) is 12.4 Å². The van der Waals surface area contributed by atoms with Crippen molar-refractivity contribution in [1.29, 1.82) is 0 Å². The smallest absolute Gasteiger partial charge is 0.451 e. The minimum atomic E-state index is -1.30. The summed E-state index contributed by atoms with van der Waals surface area (Å²) in [6.07, 6.45) is 3.60. The normalized spacial score (nSPS) is 29.3. The number of hydrogen-bond acceptors (Lipinski definition) is 4. The van der Waals surface area contributed by atoms with E-state index in [4.69, 9.17) is 20.9 Å². The van der Waals surface area contributed by atoms with Gasteiger partial charge < -0.3 is 20.9 Å². The summed E-state index contributed by atoms with van der Waals surface area (Å²) in [5.74, 6) is -0.751. The molecular formula is C9H19BClNO4. The summed E-state index contributed by atoms with van der Waals surface area (Å²) in [5.41, 5.74) is 4.67. The van der Waals surface area contributed by atoms with E-state index in [-0.39, 0.29) is 18.3 Å². The molecule has 0 bridgehead atoms. The van der Waals surface area contributed by atoms with Gasteiger partial charge in [0.05, 0.1) is 0 Å². The minimum Gasteiger partial charge on any atom is -0.480 e. The first-order valence-corrected chi connectivity index (χ1v) is 5.32. The Balaban J connectivity index is 0.00000225. The van der Waals surface area contributed by atoms with Crippen LogP contribution in [0.4, 0.5) is 0 Å². The Morgan fingerprint density at radius 1 is 1.50 bits per heavy atom. The van der Waals surface area contributed by atoms with Gasteiger partial charge in [0.15, 0.2) is 0 Å². The van der Waals surface area contributed by atoms with Gasteiger partial charge in [0, 0.05) is 0 Å². The van der Waals surface area contributed by atoms with Crippen LogP contribution in [0.3, 0.4) is 0 Å². The number of rotatable bonds is 4. The highest BCUT2D eigenvalue weighted by molar-refractivity contribution is 6.40. The van der Waals surface area contributed by atoms with Crippen molar-refractivity contribution in [3.8, 4) is 0 Å². The van der Waals surface area contributed by atoms with E-state index in [1.807, 2.05) is 0 Å². The lowest BCUT2D eigenvalue weighted by atomic mass is 9.71. The van der Waals surface area contributed by atoms with Gasteiger partial charge in [-0.2, -0.15) is 0 Å². The van der Waals surface area contributed by atoms with Crippen molar-refractivity contribution in [1.82, 2.24) is 0 Å². The molecule has 2 unspecified atom stereocenters. The lowest BCUT2D eigenvalue weighted by molar-refractivity contribution is -0.145. The molecule has 0 heterocycles. The van der Waals surface area contributed by atoms with Crippen LogP contribution in [0.25, 0.3) is 0 Å². The molecule has 0 amide bonds. The molecule has 0 spiro atoms. The number of nitrogens with two attached hydrogens (primary N) is 1. The monoisotopic (exact) mass is 251 g/mol. The number of carboxylic acid groups (broad SMARTS) is 1. The zero-order chi connectivity index (χ0) is 11.5. The first-order chi connectivity index (χ1) is 6.94. The highest BCUT2D eigenvalue weighted by atomic mass is 35.5. The highest BCUT2D eigenvalue weighted by Crippen LogP contribution is 2.33. The van der Waals surface area contributed by atoms with E-state index in [1.54, 1.807) is 0 Å². The summed E-state index contributed by atoms with van der Waals surface area (Å²) in [5, 5.41) is 26.4. The molecule has 1 fully saturated rings. The third kappa shape index (κ3) is 4.29. The summed E-state index contributed by atoms with van der Waals surface area (Å²) in [7, 11) is -1.30. The molecule has 0 radical (unpaired) electrons. The molecule has 1 rings (SSSR count). The maximum Gasteiger partial charge on any atom is 0.451 e. The number of carbonyl (C=O) groups is 1. The van der Waals surface area contributed by atoms with Crippen LogP contribution >= 0.6 is 12.4 Å². The predicted octanol–water partition coefficient (Wildman–Crippen LogP) is 0.243. The van der Waals surface area contributed by atoms with Gasteiger partial charge in [0.1, 0.15) is 5.54 Å². The Kier molecular flexibility index (Phi) is 6.32. The lowest BCUT2D eigenvalue weighted by Crippen LogP contribution is -2.51. The molecule has 16 heavy (non-hydrogen) atoms. The molecule has 0 aromatic carbocycles. The van der Waals surface area contributed by atoms with Crippen molar-refractivity contribution in [3.63, 3.8) is 0 Å². The minimum absolute atomic E-state index is 0. The van der Waals surface area contributed by atoms with Crippen molar-refractivity contribution in [2.75, 3.05) is 0 Å². The summed E-state index contributed by atoms with van der Waals surface area (Å²) in [6.45, 7) is 0. The fourth-order valence-corrected chi connectivity index (χ4v) is 2.25. The van der Waals surface area contributed by atoms with Crippen molar-refractivity contribution in [3.05, 3.63) is 0 Å². The predicted molar refractivity (Wildman–Crippen MR) is 63.4 cm³/mol. The number of halogens is 1. The van der Waals surface area contributed by atoms with Gasteiger partial charge in [-0.3, -0.25) is 4.79 Å². The zero-order valence-electron chi connectivity index (χ0n) is 9.13. The molecule has 94 valence electrons. The Bertz CT molecular complexity index is 242. The second-order valence-electron chi connectivity index (χ2n) is 4.48. The van der Waals surface area contributed by atoms with Crippen molar-refractivity contribution < 1.29 is 19.9 Å². The van der Waals surface area contributed by atoms with Crippen LogP contribution in [0.5, 0.6) is 0 Å². The van der Waals surface area contributed by atoms with E-state index >= 15 is 0 Å². The Hall–Kier alpha value is -0.295. The number of hydrogen-bond donors (Lipinski definition) is 4. The molecule has 5 nitrogen and oxygen atoms in total. The Labute approximate surface area is 102 Å². The molecule has 7 heteroatoms. The van der Waals surface area contributed by atoms with Gasteiger partial charge in [-0.1, -0.05) is 19.3 Å². The standard InChI is InChI=1S/C9H18BNO4.ClH/c11-9(8(12)13)4-1-2-7(6-9)3-5-10(14)15;/h7,14-15H,1-6,11H2,(H,12,13);1H. The van der Waals surface area contributed by atoms with Gasteiger partial charge >= 0.3 is 13.1 Å². The van der Waals surface area contributed by atoms with E-state index in [1.165, 1.54) is 0 Å². The SMILES string of the molecule is Cl.NC1(C(=O)O)CCCC(CCB(O)O)C1. The molecule has 1 aliphatic rings. The second kappa shape index (κ2) is 6.44. The summed E-state index contributed by atoms with van der Waals surface area (Å²) in [4.78, 5) is 10.9. The van der Waals surface area contributed by atoms with Crippen LogP contribution in [0.1, 0.15) is 32.1 Å². The number of carboxylic acids is 1. The van der Waals surface area contributed by atoms with Crippen molar-refractivity contribution >= 4 is 25.5 Å².